The van der Waals surface area contributed by atoms with Crippen LogP contribution in [0.15, 0.2) is 42.5 Å². The van der Waals surface area contributed by atoms with Crippen molar-refractivity contribution in [1.29, 1.82) is 0 Å². The van der Waals surface area contributed by atoms with E-state index in [4.69, 9.17) is 23.2 Å². The fourth-order valence-corrected chi connectivity index (χ4v) is 2.53. The second-order valence-corrected chi connectivity index (χ2v) is 5.87. The first-order chi connectivity index (χ1) is 10.1. The molecule has 108 valence electrons. The smallest absolute Gasteiger partial charge is 0.201 e. The number of rotatable bonds is 4. The largest absolute Gasteiger partial charge is 0.355 e. The molecule has 0 spiro atoms. The van der Waals surface area contributed by atoms with Crippen molar-refractivity contribution in [3.05, 3.63) is 58.1 Å². The van der Waals surface area contributed by atoms with Gasteiger partial charge in [0, 0.05) is 6.54 Å². The monoisotopic (exact) mass is 319 g/mol. The first-order valence-corrected chi connectivity index (χ1v) is 7.52. The molecule has 0 amide bonds. The van der Waals surface area contributed by atoms with Crippen molar-refractivity contribution in [2.24, 2.45) is 0 Å². The maximum Gasteiger partial charge on any atom is 0.201 e. The molecular weight excluding hydrogens is 305 g/mol. The third-order valence-corrected chi connectivity index (χ3v) is 4.22. The quantitative estimate of drug-likeness (QED) is 0.703. The topological polar surface area (TPSA) is 40.7 Å². The Labute approximate surface area is 133 Å². The second-order valence-electron chi connectivity index (χ2n) is 5.06. The molecule has 5 heteroatoms. The fourth-order valence-electron chi connectivity index (χ4n) is 2.22. The average Bonchev–Trinajstić information content (AvgIpc) is 2.90. The van der Waals surface area contributed by atoms with E-state index in [-0.39, 0.29) is 0 Å². The van der Waals surface area contributed by atoms with Crippen molar-refractivity contribution in [3.8, 4) is 0 Å². The first kappa shape index (κ1) is 14.2. The zero-order valence-electron chi connectivity index (χ0n) is 11.5. The van der Waals surface area contributed by atoms with Crippen LogP contribution in [0.25, 0.3) is 11.0 Å². The van der Waals surface area contributed by atoms with E-state index in [9.17, 15) is 0 Å². The number of aromatic amines is 1. The Kier molecular flexibility index (Phi) is 4.04. The summed E-state index contributed by atoms with van der Waals surface area (Å²) >= 11 is 12.0. The zero-order valence-corrected chi connectivity index (χ0v) is 13.0. The van der Waals surface area contributed by atoms with Gasteiger partial charge < -0.3 is 10.3 Å². The maximum absolute atomic E-state index is 6.06. The number of hydrogen-bond acceptors (Lipinski definition) is 2. The molecule has 0 fully saturated rings. The predicted octanol–water partition coefficient (Wildman–Crippen LogP) is 5.09. The summed E-state index contributed by atoms with van der Waals surface area (Å²) in [5, 5.41) is 4.49. The summed E-state index contributed by atoms with van der Waals surface area (Å²) in [7, 11) is 0. The number of benzene rings is 2. The van der Waals surface area contributed by atoms with Crippen LogP contribution in [0.3, 0.4) is 0 Å². The van der Waals surface area contributed by atoms with Gasteiger partial charge in [-0.15, -0.1) is 0 Å². The standard InChI is InChI=1S/C16H15Cl2N3/c1-10(11-6-7-12(17)13(18)8-11)9-19-16-20-14-4-2-3-5-15(14)21-16/h2-8,10H,9H2,1H3,(H2,19,20,21)/t10-/m1/s1. The highest BCUT2D eigenvalue weighted by molar-refractivity contribution is 6.42. The molecule has 0 bridgehead atoms. The molecule has 3 rings (SSSR count). The minimum atomic E-state index is 0.299. The molecule has 2 aromatic carbocycles. The van der Waals surface area contributed by atoms with Crippen molar-refractivity contribution >= 4 is 40.2 Å². The van der Waals surface area contributed by atoms with Crippen LogP contribution in [-0.4, -0.2) is 16.5 Å². The molecule has 1 heterocycles. The molecule has 0 radical (unpaired) electrons. The summed E-state index contributed by atoms with van der Waals surface area (Å²) in [5.74, 6) is 1.08. The lowest BCUT2D eigenvalue weighted by molar-refractivity contribution is 0.799. The van der Waals surface area contributed by atoms with Gasteiger partial charge in [0.05, 0.1) is 21.1 Å². The Bertz CT molecular complexity index is 734. The summed E-state index contributed by atoms with van der Waals surface area (Å²) in [4.78, 5) is 7.75. The van der Waals surface area contributed by atoms with Gasteiger partial charge in [-0.1, -0.05) is 48.3 Å². The van der Waals surface area contributed by atoms with Crippen molar-refractivity contribution in [2.45, 2.75) is 12.8 Å². The van der Waals surface area contributed by atoms with Gasteiger partial charge in [-0.2, -0.15) is 0 Å². The molecule has 1 aromatic heterocycles. The number of para-hydroxylation sites is 2. The molecule has 2 N–H and O–H groups in total. The Morgan fingerprint density at radius 3 is 2.71 bits per heavy atom. The molecule has 0 aliphatic carbocycles. The number of aromatic nitrogens is 2. The average molecular weight is 320 g/mol. The minimum absolute atomic E-state index is 0.299. The number of anilines is 1. The van der Waals surface area contributed by atoms with Crippen molar-refractivity contribution < 1.29 is 0 Å². The number of halogens is 2. The Morgan fingerprint density at radius 2 is 1.95 bits per heavy atom. The van der Waals surface area contributed by atoms with Gasteiger partial charge in [-0.05, 0) is 35.7 Å². The van der Waals surface area contributed by atoms with E-state index in [1.54, 1.807) is 0 Å². The van der Waals surface area contributed by atoms with Gasteiger partial charge in [0.2, 0.25) is 5.95 Å². The highest BCUT2D eigenvalue weighted by atomic mass is 35.5. The van der Waals surface area contributed by atoms with Gasteiger partial charge in [-0.3, -0.25) is 0 Å². The number of nitrogens with one attached hydrogen (secondary N) is 2. The summed E-state index contributed by atoms with van der Waals surface area (Å²) in [6.07, 6.45) is 0. The zero-order chi connectivity index (χ0) is 14.8. The molecule has 0 unspecified atom stereocenters. The molecule has 0 aliphatic heterocycles. The van der Waals surface area contributed by atoms with Gasteiger partial charge in [0.15, 0.2) is 0 Å². The van der Waals surface area contributed by atoms with Crippen LogP contribution >= 0.6 is 23.2 Å². The summed E-state index contributed by atoms with van der Waals surface area (Å²) in [6, 6.07) is 13.7. The van der Waals surface area contributed by atoms with Crippen LogP contribution in [0.2, 0.25) is 10.0 Å². The molecule has 1 atom stereocenters. The number of fused-ring (bicyclic) bond motifs is 1. The highest BCUT2D eigenvalue weighted by Crippen LogP contribution is 2.26. The minimum Gasteiger partial charge on any atom is -0.355 e. The summed E-state index contributed by atoms with van der Waals surface area (Å²) < 4.78 is 0. The van der Waals surface area contributed by atoms with E-state index >= 15 is 0 Å². The van der Waals surface area contributed by atoms with E-state index in [2.05, 4.69) is 22.2 Å². The maximum atomic E-state index is 6.06. The molecule has 3 aromatic rings. The number of H-pyrrole nitrogens is 1. The SMILES string of the molecule is C[C@H](CNc1nc2ccccc2[nH]1)c1ccc(Cl)c(Cl)c1. The Hall–Kier alpha value is -1.71. The van der Waals surface area contributed by atoms with Crippen molar-refractivity contribution in [1.82, 2.24) is 9.97 Å². The lowest BCUT2D eigenvalue weighted by atomic mass is 10.0. The van der Waals surface area contributed by atoms with Crippen molar-refractivity contribution in [3.63, 3.8) is 0 Å². The molecule has 0 saturated carbocycles. The first-order valence-electron chi connectivity index (χ1n) is 6.77. The molecule has 3 nitrogen and oxygen atoms in total. The molecular formula is C16H15Cl2N3. The second kappa shape index (κ2) is 5.96. The normalized spacial score (nSPS) is 12.5. The van der Waals surface area contributed by atoms with Gasteiger partial charge in [0.1, 0.15) is 0 Å². The Morgan fingerprint density at radius 1 is 1.14 bits per heavy atom. The van der Waals surface area contributed by atoms with Gasteiger partial charge >= 0.3 is 0 Å². The van der Waals surface area contributed by atoms with E-state index in [1.807, 2.05) is 42.5 Å². The van der Waals surface area contributed by atoms with E-state index < -0.39 is 0 Å². The van der Waals surface area contributed by atoms with Gasteiger partial charge in [-0.25, -0.2) is 4.98 Å². The van der Waals surface area contributed by atoms with Crippen LogP contribution in [0.4, 0.5) is 5.95 Å². The van der Waals surface area contributed by atoms with Crippen molar-refractivity contribution in [2.75, 3.05) is 11.9 Å². The van der Waals surface area contributed by atoms with E-state index in [1.165, 1.54) is 0 Å². The third-order valence-electron chi connectivity index (χ3n) is 3.48. The molecule has 21 heavy (non-hydrogen) atoms. The number of imidazole rings is 1. The molecule has 0 aliphatic rings. The lowest BCUT2D eigenvalue weighted by Crippen LogP contribution is -2.10. The van der Waals surface area contributed by atoms with Crippen LogP contribution in [-0.2, 0) is 0 Å². The van der Waals surface area contributed by atoms with Crippen LogP contribution in [0.1, 0.15) is 18.4 Å². The van der Waals surface area contributed by atoms with Crippen LogP contribution in [0, 0.1) is 0 Å². The van der Waals surface area contributed by atoms with Crippen LogP contribution < -0.4 is 5.32 Å². The number of hydrogen-bond donors (Lipinski definition) is 2. The lowest BCUT2D eigenvalue weighted by Gasteiger charge is -2.13. The van der Waals surface area contributed by atoms with E-state index in [0.29, 0.717) is 16.0 Å². The third kappa shape index (κ3) is 3.14. The predicted molar refractivity (Wildman–Crippen MR) is 89.5 cm³/mol. The fraction of sp³-hybridized carbons (Fsp3) is 0.188. The van der Waals surface area contributed by atoms with E-state index in [0.717, 1.165) is 29.1 Å². The summed E-state index contributed by atoms with van der Waals surface area (Å²) in [5.41, 5.74) is 3.14. The molecule has 0 saturated heterocycles. The highest BCUT2D eigenvalue weighted by Gasteiger charge is 2.09. The van der Waals surface area contributed by atoms with Gasteiger partial charge in [0.25, 0.3) is 0 Å². The number of nitrogens with zero attached hydrogens (tertiary/aromatic N) is 1. The summed E-state index contributed by atoms with van der Waals surface area (Å²) in [6.45, 7) is 2.90. The Balaban J connectivity index is 1.70. The van der Waals surface area contributed by atoms with Crippen LogP contribution in [0.5, 0.6) is 0 Å².